The maximum atomic E-state index is 13.3. The van der Waals surface area contributed by atoms with Gasteiger partial charge < -0.3 is 9.26 Å². The van der Waals surface area contributed by atoms with Gasteiger partial charge in [-0.1, -0.05) is 12.1 Å². The lowest BCUT2D eigenvalue weighted by atomic mass is 10.2. The molecule has 0 aliphatic rings. The minimum absolute atomic E-state index is 0.0150. The highest BCUT2D eigenvalue weighted by Gasteiger charge is 2.15. The van der Waals surface area contributed by atoms with Crippen LogP contribution in [0, 0.1) is 12.7 Å². The molecule has 1 aromatic carbocycles. The van der Waals surface area contributed by atoms with E-state index in [0.29, 0.717) is 5.88 Å². The van der Waals surface area contributed by atoms with Crippen LogP contribution in [0.2, 0.25) is 0 Å². The molecule has 0 spiro atoms. The number of aromatic nitrogens is 1. The highest BCUT2D eigenvalue weighted by molar-refractivity contribution is 6.04. The summed E-state index contributed by atoms with van der Waals surface area (Å²) < 4.78 is 23.2. The van der Waals surface area contributed by atoms with Crippen molar-refractivity contribution in [3.8, 4) is 5.75 Å². The van der Waals surface area contributed by atoms with E-state index in [1.165, 1.54) is 25.3 Å². The van der Waals surface area contributed by atoms with E-state index in [9.17, 15) is 9.18 Å². The molecule has 0 saturated heterocycles. The number of nitrogens with one attached hydrogen (secondary N) is 1. The van der Waals surface area contributed by atoms with E-state index < -0.39 is 11.7 Å². The van der Waals surface area contributed by atoms with Gasteiger partial charge in [0.25, 0.3) is 5.91 Å². The first-order valence-electron chi connectivity index (χ1n) is 6.16. The highest BCUT2D eigenvalue weighted by Crippen LogP contribution is 2.22. The molecule has 1 N–H and O–H groups in total. The molecule has 2 aromatic rings. The molecule has 6 heteroatoms. The van der Waals surface area contributed by atoms with Gasteiger partial charge >= 0.3 is 0 Å². The fourth-order valence-electron chi connectivity index (χ4n) is 1.79. The molecule has 0 fully saturated rings. The Morgan fingerprint density at radius 3 is 2.85 bits per heavy atom. The Hall–Kier alpha value is -2.37. The van der Waals surface area contributed by atoms with Crippen molar-refractivity contribution in [2.45, 2.75) is 20.3 Å². The van der Waals surface area contributed by atoms with E-state index in [-0.39, 0.29) is 11.3 Å². The fourth-order valence-corrected chi connectivity index (χ4v) is 1.79. The van der Waals surface area contributed by atoms with E-state index in [0.717, 1.165) is 17.7 Å². The molecule has 0 radical (unpaired) electrons. The number of benzene rings is 1. The summed E-state index contributed by atoms with van der Waals surface area (Å²) in [4.78, 5) is 12.1. The van der Waals surface area contributed by atoms with Crippen LogP contribution < -0.4 is 10.1 Å². The van der Waals surface area contributed by atoms with Crippen LogP contribution >= 0.6 is 0 Å². The van der Waals surface area contributed by atoms with Gasteiger partial charge in [0.15, 0.2) is 11.6 Å². The predicted octanol–water partition coefficient (Wildman–Crippen LogP) is 2.95. The minimum atomic E-state index is -0.520. The summed E-state index contributed by atoms with van der Waals surface area (Å²) in [6.07, 6.45) is 0.718. The Balaban J connectivity index is 2.21. The Labute approximate surface area is 115 Å². The van der Waals surface area contributed by atoms with Gasteiger partial charge in [-0.2, -0.15) is 0 Å². The van der Waals surface area contributed by atoms with Gasteiger partial charge in [-0.25, -0.2) is 4.39 Å². The van der Waals surface area contributed by atoms with Gasteiger partial charge in [-0.3, -0.25) is 10.1 Å². The third-order valence-electron chi connectivity index (χ3n) is 3.00. The number of nitrogens with zero attached hydrogens (tertiary/aromatic N) is 1. The third-order valence-corrected chi connectivity index (χ3v) is 3.00. The first-order chi connectivity index (χ1) is 9.56. The van der Waals surface area contributed by atoms with Crippen LogP contribution in [0.3, 0.4) is 0 Å². The zero-order valence-corrected chi connectivity index (χ0v) is 11.5. The second-order valence-corrected chi connectivity index (χ2v) is 4.24. The molecule has 5 nitrogen and oxygen atoms in total. The first-order valence-corrected chi connectivity index (χ1v) is 6.16. The van der Waals surface area contributed by atoms with E-state index in [1.54, 1.807) is 0 Å². The maximum Gasteiger partial charge on any atom is 0.258 e. The second kappa shape index (κ2) is 5.73. The van der Waals surface area contributed by atoms with Gasteiger partial charge in [0, 0.05) is 11.1 Å². The van der Waals surface area contributed by atoms with E-state index in [2.05, 4.69) is 10.5 Å². The SMILES string of the molecule is CCc1noc(NC(=O)c2ccc(F)c(OC)c2)c1C. The minimum Gasteiger partial charge on any atom is -0.494 e. The molecular weight excluding hydrogens is 263 g/mol. The predicted molar refractivity (Wildman–Crippen MR) is 71.5 cm³/mol. The van der Waals surface area contributed by atoms with Gasteiger partial charge in [-0.05, 0) is 31.5 Å². The molecule has 1 aromatic heterocycles. The van der Waals surface area contributed by atoms with Gasteiger partial charge in [-0.15, -0.1) is 0 Å². The van der Waals surface area contributed by atoms with Crippen LogP contribution in [0.1, 0.15) is 28.5 Å². The normalized spacial score (nSPS) is 10.4. The van der Waals surface area contributed by atoms with Crippen LogP contribution in [-0.2, 0) is 6.42 Å². The molecule has 0 bridgehead atoms. The molecule has 1 heterocycles. The average molecular weight is 278 g/mol. The summed E-state index contributed by atoms with van der Waals surface area (Å²) in [6, 6.07) is 3.88. The molecule has 0 unspecified atom stereocenters. The number of anilines is 1. The lowest BCUT2D eigenvalue weighted by molar-refractivity contribution is 0.102. The standard InChI is InChI=1S/C14H15FN2O3/c1-4-11-8(2)14(20-17-11)16-13(18)9-5-6-10(15)12(7-9)19-3/h5-7H,4H2,1-3H3,(H,16,18). The molecule has 106 valence electrons. The largest absolute Gasteiger partial charge is 0.494 e. The lowest BCUT2D eigenvalue weighted by Gasteiger charge is -2.05. The maximum absolute atomic E-state index is 13.3. The number of halogens is 1. The van der Waals surface area contributed by atoms with Crippen LogP contribution in [-0.4, -0.2) is 18.2 Å². The van der Waals surface area contributed by atoms with Gasteiger partial charge in [0.2, 0.25) is 5.88 Å². The summed E-state index contributed by atoms with van der Waals surface area (Å²) >= 11 is 0. The molecule has 0 atom stereocenters. The van der Waals surface area contributed by atoms with Crippen LogP contribution in [0.5, 0.6) is 5.75 Å². The van der Waals surface area contributed by atoms with Crippen molar-refractivity contribution in [1.29, 1.82) is 0 Å². The second-order valence-electron chi connectivity index (χ2n) is 4.24. The highest BCUT2D eigenvalue weighted by atomic mass is 19.1. The van der Waals surface area contributed by atoms with Gasteiger partial charge in [0.1, 0.15) is 0 Å². The van der Waals surface area contributed by atoms with E-state index in [4.69, 9.17) is 9.26 Å². The summed E-state index contributed by atoms with van der Waals surface area (Å²) in [5.74, 6) is -0.616. The smallest absolute Gasteiger partial charge is 0.258 e. The van der Waals surface area contributed by atoms with Crippen LogP contribution in [0.15, 0.2) is 22.7 Å². The summed E-state index contributed by atoms with van der Waals surface area (Å²) in [6.45, 7) is 3.76. The van der Waals surface area contributed by atoms with Crippen LogP contribution in [0.4, 0.5) is 10.3 Å². The number of carbonyl (C=O) groups is 1. The summed E-state index contributed by atoms with van der Waals surface area (Å²) in [5.41, 5.74) is 1.85. The zero-order valence-electron chi connectivity index (χ0n) is 11.5. The Kier molecular flexibility index (Phi) is 4.02. The summed E-state index contributed by atoms with van der Waals surface area (Å²) in [5, 5.41) is 6.46. The number of ether oxygens (including phenoxy) is 1. The molecule has 0 aliphatic heterocycles. The first kappa shape index (κ1) is 14.0. The number of hydrogen-bond acceptors (Lipinski definition) is 4. The molecule has 2 rings (SSSR count). The average Bonchev–Trinajstić information content (AvgIpc) is 2.80. The van der Waals surface area contributed by atoms with Crippen molar-refractivity contribution in [1.82, 2.24) is 5.16 Å². The Morgan fingerprint density at radius 2 is 2.25 bits per heavy atom. The number of hydrogen-bond donors (Lipinski definition) is 1. The van der Waals surface area contributed by atoms with Crippen molar-refractivity contribution >= 4 is 11.8 Å². The van der Waals surface area contributed by atoms with Crippen molar-refractivity contribution < 1.29 is 18.4 Å². The Morgan fingerprint density at radius 1 is 1.50 bits per heavy atom. The fraction of sp³-hybridized carbons (Fsp3) is 0.286. The van der Waals surface area contributed by atoms with E-state index in [1.807, 2.05) is 13.8 Å². The molecule has 1 amide bonds. The monoisotopic (exact) mass is 278 g/mol. The number of carbonyl (C=O) groups excluding carboxylic acids is 1. The zero-order chi connectivity index (χ0) is 14.7. The quantitative estimate of drug-likeness (QED) is 0.933. The number of aryl methyl sites for hydroxylation is 1. The third kappa shape index (κ3) is 2.64. The van der Waals surface area contributed by atoms with Crippen molar-refractivity contribution in [3.63, 3.8) is 0 Å². The molecule has 20 heavy (non-hydrogen) atoms. The van der Waals surface area contributed by atoms with Crippen molar-refractivity contribution in [2.24, 2.45) is 0 Å². The van der Waals surface area contributed by atoms with Gasteiger partial charge in [0.05, 0.1) is 12.8 Å². The van der Waals surface area contributed by atoms with Crippen LogP contribution in [0.25, 0.3) is 0 Å². The molecule has 0 saturated carbocycles. The number of amides is 1. The lowest BCUT2D eigenvalue weighted by Crippen LogP contribution is -2.12. The topological polar surface area (TPSA) is 64.4 Å². The molecule has 0 aliphatic carbocycles. The Bertz CT molecular complexity index is 637. The van der Waals surface area contributed by atoms with Crippen molar-refractivity contribution in [3.05, 3.63) is 40.8 Å². The summed E-state index contributed by atoms with van der Waals surface area (Å²) in [7, 11) is 1.34. The number of rotatable bonds is 4. The number of methoxy groups -OCH3 is 1. The van der Waals surface area contributed by atoms with Crippen molar-refractivity contribution in [2.75, 3.05) is 12.4 Å². The molecular formula is C14H15FN2O3. The van der Waals surface area contributed by atoms with E-state index >= 15 is 0 Å².